The standard InChI is InChI=1S/C17H22O3Si/c1-15(19)20-12-8-7-9-16(13-18)14-21(2,3)17-10-5-4-6-11-17/h4-6,10-11,14,18H,8,12-13H2,1-3H3/b16-14+. The molecule has 0 amide bonds. The normalized spacial score (nSPS) is 11.5. The Morgan fingerprint density at radius 2 is 2.00 bits per heavy atom. The molecule has 0 fully saturated rings. The Balaban J connectivity index is 2.75. The Hall–Kier alpha value is -1.83. The first kappa shape index (κ1) is 17.2. The van der Waals surface area contributed by atoms with Gasteiger partial charge in [0.15, 0.2) is 0 Å². The molecule has 112 valence electrons. The van der Waals surface area contributed by atoms with Crippen LogP contribution in [0.2, 0.25) is 13.1 Å². The number of esters is 1. The van der Waals surface area contributed by atoms with Crippen LogP contribution in [0.25, 0.3) is 0 Å². The summed E-state index contributed by atoms with van der Waals surface area (Å²) < 4.78 is 4.81. The van der Waals surface area contributed by atoms with E-state index in [-0.39, 0.29) is 12.6 Å². The Morgan fingerprint density at radius 1 is 1.33 bits per heavy atom. The number of carbonyl (C=O) groups is 1. The van der Waals surface area contributed by atoms with Gasteiger partial charge in [-0.3, -0.25) is 4.79 Å². The average Bonchev–Trinajstić information content (AvgIpc) is 2.46. The number of carbonyl (C=O) groups excluding carboxylic acids is 1. The molecule has 0 unspecified atom stereocenters. The van der Waals surface area contributed by atoms with E-state index in [1.54, 1.807) is 0 Å². The molecule has 1 aromatic rings. The predicted octanol–water partition coefficient (Wildman–Crippen LogP) is 2.02. The van der Waals surface area contributed by atoms with E-state index in [0.717, 1.165) is 5.57 Å². The second kappa shape index (κ2) is 8.45. The van der Waals surface area contributed by atoms with Gasteiger partial charge >= 0.3 is 5.97 Å². The third-order valence-electron chi connectivity index (χ3n) is 3.00. The minimum atomic E-state index is -1.76. The van der Waals surface area contributed by atoms with Crippen molar-refractivity contribution in [2.24, 2.45) is 0 Å². The van der Waals surface area contributed by atoms with Crippen LogP contribution >= 0.6 is 0 Å². The zero-order valence-electron chi connectivity index (χ0n) is 12.8. The molecular weight excluding hydrogens is 280 g/mol. The van der Waals surface area contributed by atoms with Crippen LogP contribution in [0.4, 0.5) is 0 Å². The van der Waals surface area contributed by atoms with Crippen molar-refractivity contribution in [1.29, 1.82) is 0 Å². The third-order valence-corrected chi connectivity index (χ3v) is 5.90. The summed E-state index contributed by atoms with van der Waals surface area (Å²) in [5.41, 5.74) is 2.85. The summed E-state index contributed by atoms with van der Waals surface area (Å²) in [6.45, 7) is 6.04. The zero-order chi connectivity index (χ0) is 15.7. The van der Waals surface area contributed by atoms with Crippen molar-refractivity contribution in [3.8, 4) is 11.8 Å². The van der Waals surface area contributed by atoms with Gasteiger partial charge in [0.25, 0.3) is 0 Å². The van der Waals surface area contributed by atoms with E-state index in [1.807, 2.05) is 18.2 Å². The fourth-order valence-corrected chi connectivity index (χ4v) is 4.18. The van der Waals surface area contributed by atoms with Crippen molar-refractivity contribution >= 4 is 19.2 Å². The second-order valence-electron chi connectivity index (χ2n) is 5.31. The third kappa shape index (κ3) is 6.43. The molecule has 0 aliphatic heterocycles. The summed E-state index contributed by atoms with van der Waals surface area (Å²) in [6, 6.07) is 10.3. The summed E-state index contributed by atoms with van der Waals surface area (Å²) in [5.74, 6) is 5.61. The maximum atomic E-state index is 10.6. The Bertz CT molecular complexity index is 550. The molecule has 21 heavy (non-hydrogen) atoms. The maximum absolute atomic E-state index is 10.6. The molecule has 1 aromatic carbocycles. The lowest BCUT2D eigenvalue weighted by Crippen LogP contribution is -2.39. The van der Waals surface area contributed by atoms with E-state index in [9.17, 15) is 9.90 Å². The van der Waals surface area contributed by atoms with Crippen LogP contribution in [0.1, 0.15) is 13.3 Å². The molecule has 1 rings (SSSR count). The first-order valence-electron chi connectivity index (χ1n) is 6.96. The first-order chi connectivity index (χ1) is 9.95. The molecule has 0 saturated carbocycles. The minimum Gasteiger partial charge on any atom is -0.465 e. The van der Waals surface area contributed by atoms with Gasteiger partial charge in [-0.05, 0) is 0 Å². The van der Waals surface area contributed by atoms with Crippen molar-refractivity contribution in [3.05, 3.63) is 41.6 Å². The highest BCUT2D eigenvalue weighted by atomic mass is 28.3. The highest BCUT2D eigenvalue weighted by Gasteiger charge is 2.20. The smallest absolute Gasteiger partial charge is 0.302 e. The Labute approximate surface area is 127 Å². The highest BCUT2D eigenvalue weighted by Crippen LogP contribution is 2.08. The lowest BCUT2D eigenvalue weighted by atomic mass is 10.3. The average molecular weight is 302 g/mol. The monoisotopic (exact) mass is 302 g/mol. The largest absolute Gasteiger partial charge is 0.465 e. The van der Waals surface area contributed by atoms with Crippen molar-refractivity contribution in [2.75, 3.05) is 13.2 Å². The van der Waals surface area contributed by atoms with Gasteiger partial charge in [0.05, 0.1) is 6.61 Å². The van der Waals surface area contributed by atoms with E-state index >= 15 is 0 Å². The van der Waals surface area contributed by atoms with Crippen LogP contribution in [-0.4, -0.2) is 32.4 Å². The van der Waals surface area contributed by atoms with Gasteiger partial charge in [0, 0.05) is 18.9 Å². The first-order valence-corrected chi connectivity index (χ1v) is 10.0. The van der Waals surface area contributed by atoms with Crippen LogP contribution < -0.4 is 5.19 Å². The summed E-state index contributed by atoms with van der Waals surface area (Å²) in [4.78, 5) is 10.6. The van der Waals surface area contributed by atoms with Crippen LogP contribution in [0.3, 0.4) is 0 Å². The molecule has 0 aromatic heterocycles. The van der Waals surface area contributed by atoms with Gasteiger partial charge in [0.1, 0.15) is 14.7 Å². The lowest BCUT2D eigenvalue weighted by molar-refractivity contribution is -0.140. The quantitative estimate of drug-likeness (QED) is 0.392. The van der Waals surface area contributed by atoms with Crippen molar-refractivity contribution < 1.29 is 14.6 Å². The molecule has 0 radical (unpaired) electrons. The van der Waals surface area contributed by atoms with E-state index in [4.69, 9.17) is 4.74 Å². The summed E-state index contributed by atoms with van der Waals surface area (Å²) >= 11 is 0. The highest BCUT2D eigenvalue weighted by molar-refractivity contribution is 6.94. The predicted molar refractivity (Wildman–Crippen MR) is 87.8 cm³/mol. The molecule has 0 heterocycles. The molecular formula is C17H22O3Si. The van der Waals surface area contributed by atoms with Crippen LogP contribution in [-0.2, 0) is 9.53 Å². The van der Waals surface area contributed by atoms with Gasteiger partial charge in [-0.25, -0.2) is 0 Å². The van der Waals surface area contributed by atoms with Gasteiger partial charge < -0.3 is 9.84 Å². The van der Waals surface area contributed by atoms with Crippen LogP contribution in [0, 0.1) is 11.8 Å². The lowest BCUT2D eigenvalue weighted by Gasteiger charge is -2.19. The van der Waals surface area contributed by atoms with Crippen molar-refractivity contribution in [3.63, 3.8) is 0 Å². The van der Waals surface area contributed by atoms with E-state index in [1.165, 1.54) is 12.1 Å². The molecule has 0 aliphatic rings. The fourth-order valence-electron chi connectivity index (χ4n) is 1.93. The number of benzene rings is 1. The molecule has 0 saturated heterocycles. The SMILES string of the molecule is CC(=O)OCCC#C/C(=C\[Si](C)(C)c1ccccc1)CO. The molecule has 3 nitrogen and oxygen atoms in total. The second-order valence-corrected chi connectivity index (χ2v) is 9.62. The van der Waals surface area contributed by atoms with E-state index in [2.05, 4.69) is 42.8 Å². The van der Waals surface area contributed by atoms with Crippen molar-refractivity contribution in [1.82, 2.24) is 0 Å². The fraction of sp³-hybridized carbons (Fsp3) is 0.353. The molecule has 4 heteroatoms. The molecule has 0 bridgehead atoms. The number of rotatable bonds is 5. The number of aliphatic hydroxyl groups excluding tert-OH is 1. The van der Waals surface area contributed by atoms with Gasteiger partial charge in [-0.2, -0.15) is 0 Å². The Kier molecular flexibility index (Phi) is 6.93. The van der Waals surface area contributed by atoms with Crippen LogP contribution in [0.15, 0.2) is 41.6 Å². The number of aliphatic hydroxyl groups is 1. The van der Waals surface area contributed by atoms with E-state index in [0.29, 0.717) is 13.0 Å². The molecule has 0 spiro atoms. The topological polar surface area (TPSA) is 46.5 Å². The maximum Gasteiger partial charge on any atom is 0.302 e. The van der Waals surface area contributed by atoms with Gasteiger partial charge in [-0.1, -0.05) is 66.2 Å². The van der Waals surface area contributed by atoms with Crippen LogP contribution in [0.5, 0.6) is 0 Å². The summed E-state index contributed by atoms with van der Waals surface area (Å²) in [5, 5.41) is 10.8. The number of hydrogen-bond donors (Lipinski definition) is 1. The summed E-state index contributed by atoms with van der Waals surface area (Å²) in [6.07, 6.45) is 0.476. The molecule has 0 atom stereocenters. The zero-order valence-corrected chi connectivity index (χ0v) is 13.8. The number of hydrogen-bond acceptors (Lipinski definition) is 3. The molecule has 0 aliphatic carbocycles. The summed E-state index contributed by atoms with van der Waals surface area (Å²) in [7, 11) is -1.76. The van der Waals surface area contributed by atoms with Gasteiger partial charge in [0.2, 0.25) is 0 Å². The van der Waals surface area contributed by atoms with Crippen molar-refractivity contribution in [2.45, 2.75) is 26.4 Å². The molecule has 1 N–H and O–H groups in total. The number of ether oxygens (including phenoxy) is 1. The Morgan fingerprint density at radius 3 is 2.57 bits per heavy atom. The van der Waals surface area contributed by atoms with Gasteiger partial charge in [-0.15, -0.1) is 0 Å². The minimum absolute atomic E-state index is 0.0656. The van der Waals surface area contributed by atoms with E-state index < -0.39 is 8.07 Å².